The Labute approximate surface area is 390 Å². The largest absolute Gasteiger partial charge is 0.560 e. The molecule has 26 heteroatoms. The van der Waals surface area contributed by atoms with Gasteiger partial charge in [-0.05, 0) is 71.7 Å². The van der Waals surface area contributed by atoms with Crippen molar-refractivity contribution in [1.29, 1.82) is 0 Å². The van der Waals surface area contributed by atoms with Crippen LogP contribution in [0, 0.1) is 11.0 Å². The molecule has 16 nitrogen and oxygen atoms in total. The van der Waals surface area contributed by atoms with Gasteiger partial charge in [0.1, 0.15) is 5.69 Å². The number of hydrogen-bond donors (Lipinski definition) is 1. The maximum atomic E-state index is 12.5. The first-order valence-electron chi connectivity index (χ1n) is 14.8. The van der Waals surface area contributed by atoms with Gasteiger partial charge in [-0.15, -0.1) is 33.4 Å². The molecule has 0 aliphatic heterocycles. The van der Waals surface area contributed by atoms with Crippen molar-refractivity contribution < 1.29 is 75.9 Å². The number of carbonyl (C=O) groups excluding carboxylic acids is 2. The SMILES string of the molecule is [Ag].[Ag].[NH-]S(=O)(=O)c1ccc(N=Nc2cc(N=Nc3ccc(S([NH-])(=O)=O)cc3)c3c(NC(=O)C(Cl)Cl)cccc3c2OC(=O)C(Cl)Cl)cc1.[c-]1nccs1.[c-]1nccs1. The van der Waals surface area contributed by atoms with Crippen LogP contribution in [-0.2, 0) is 74.4 Å². The summed E-state index contributed by atoms with van der Waals surface area (Å²) in [4.78, 5) is 28.6. The zero-order valence-corrected chi connectivity index (χ0v) is 37.4. The van der Waals surface area contributed by atoms with E-state index in [1.54, 1.807) is 12.4 Å². The molecule has 2 aromatic heterocycles. The maximum absolute atomic E-state index is 12.5. The molecule has 0 unspecified atom stereocenters. The molecular weight excluding hydrogens is 1110 g/mol. The van der Waals surface area contributed by atoms with Crippen LogP contribution >= 0.6 is 69.1 Å². The van der Waals surface area contributed by atoms with E-state index in [1.807, 2.05) is 10.8 Å². The van der Waals surface area contributed by atoms with Gasteiger partial charge in [0.15, 0.2) is 10.6 Å². The van der Waals surface area contributed by atoms with Gasteiger partial charge in [0.05, 0.1) is 42.8 Å². The number of amides is 1. The molecule has 4 aromatic carbocycles. The van der Waals surface area contributed by atoms with Crippen molar-refractivity contribution in [2.24, 2.45) is 20.5 Å². The monoisotopic (exact) mass is 1120 g/mol. The first-order valence-corrected chi connectivity index (χ1v) is 21.2. The number of azo groups is 2. The first kappa shape index (κ1) is 51.1. The molecule has 58 heavy (non-hydrogen) atoms. The van der Waals surface area contributed by atoms with E-state index in [0.717, 1.165) is 24.3 Å². The number of esters is 1. The molecule has 1 amide bonds. The van der Waals surface area contributed by atoms with Crippen molar-refractivity contribution in [1.82, 2.24) is 9.97 Å². The van der Waals surface area contributed by atoms with Gasteiger partial charge in [-0.25, -0.2) is 21.6 Å². The second-order valence-electron chi connectivity index (χ2n) is 10.1. The van der Waals surface area contributed by atoms with E-state index >= 15 is 0 Å². The fourth-order valence-electron chi connectivity index (χ4n) is 4.03. The number of thiazole rings is 2. The molecule has 0 saturated heterocycles. The average Bonchev–Trinajstić information content (AvgIpc) is 3.94. The molecule has 6 aromatic rings. The van der Waals surface area contributed by atoms with Crippen LogP contribution in [-0.4, -0.2) is 48.4 Å². The number of hydrogen-bond acceptors (Lipinski definition) is 15. The fourth-order valence-corrected chi connectivity index (χ4v) is 5.83. The minimum absolute atomic E-state index is 0. The molecule has 2 radical (unpaired) electrons. The molecule has 0 aliphatic carbocycles. The van der Waals surface area contributed by atoms with Gasteiger partial charge in [0.2, 0.25) is 4.84 Å². The smallest absolute Gasteiger partial charge is 0.344 e. The van der Waals surface area contributed by atoms with Crippen LogP contribution in [0.1, 0.15) is 0 Å². The van der Waals surface area contributed by atoms with Crippen molar-refractivity contribution in [3.63, 3.8) is 0 Å². The summed E-state index contributed by atoms with van der Waals surface area (Å²) in [5.41, 5.74) is 5.66. The van der Waals surface area contributed by atoms with Crippen LogP contribution < -0.4 is 10.1 Å². The number of nitrogens with zero attached hydrogens (tertiary/aromatic N) is 6. The topological polar surface area (TPSA) is 246 Å². The Bertz CT molecular complexity index is 2480. The van der Waals surface area contributed by atoms with Crippen LogP contribution in [0.5, 0.6) is 5.75 Å². The maximum Gasteiger partial charge on any atom is 0.344 e. The predicted molar refractivity (Wildman–Crippen MR) is 215 cm³/mol. The minimum Gasteiger partial charge on any atom is -0.560 e. The Hall–Kier alpha value is -3.00. The average molecular weight is 1130 g/mol. The fraction of sp³-hybridized carbons (Fsp3) is 0.0625. The molecule has 3 N–H and O–H groups in total. The van der Waals surface area contributed by atoms with E-state index in [4.69, 9.17) is 61.4 Å². The first-order chi connectivity index (χ1) is 26.5. The number of fused-ring (bicyclic) bond motifs is 1. The molecule has 314 valence electrons. The third-order valence-electron chi connectivity index (χ3n) is 6.37. The van der Waals surface area contributed by atoms with Gasteiger partial charge in [-0.2, -0.15) is 10.2 Å². The molecule has 0 aliphatic rings. The summed E-state index contributed by atoms with van der Waals surface area (Å²) >= 11 is 25.9. The molecule has 2 heterocycles. The normalized spacial score (nSPS) is 11.2. The number of sulfonamides is 2. The summed E-state index contributed by atoms with van der Waals surface area (Å²) in [5.74, 6) is -2.09. The Balaban J connectivity index is 0.000000840. The Kier molecular flexibility index (Phi) is 21.4. The van der Waals surface area contributed by atoms with Gasteiger partial charge in [0.25, 0.3) is 5.91 Å². The van der Waals surface area contributed by atoms with E-state index in [9.17, 15) is 26.4 Å². The summed E-state index contributed by atoms with van der Waals surface area (Å²) in [7, 11) is -8.43. The second-order valence-corrected chi connectivity index (χ2v) is 16.7. The van der Waals surface area contributed by atoms with Gasteiger partial charge in [-0.3, -0.25) is 27.5 Å². The number of halogens is 4. The van der Waals surface area contributed by atoms with Crippen LogP contribution in [0.3, 0.4) is 0 Å². The standard InChI is InChI=1S/C26H18Cl4N7O7S2.2C3H2NS.2Ag/c27-23(28)25(38)33-18-3-1-2-17-21(18)19(36-34-13-4-8-15(9-5-13)45(31,40)41)12-20(22(17)44-26(39)24(29)30)37-35-14-6-10-16(11-7-14)46(32,42)43;2*1-2-5-3-4-1;;/h1-12,23-24H,(H4-,31,32,33,38,40,41,42,43);2*1-2H;;/q3*-1;;/p-1. The van der Waals surface area contributed by atoms with E-state index in [2.05, 4.69) is 46.8 Å². The van der Waals surface area contributed by atoms with Crippen LogP contribution in [0.25, 0.3) is 21.1 Å². The number of carbonyl (C=O) groups is 2. The molecule has 0 saturated carbocycles. The molecule has 0 fully saturated rings. The van der Waals surface area contributed by atoms with Gasteiger partial charge in [0, 0.05) is 65.3 Å². The van der Waals surface area contributed by atoms with Crippen LogP contribution in [0.4, 0.5) is 28.4 Å². The zero-order valence-electron chi connectivity index (χ0n) is 28.2. The third kappa shape index (κ3) is 15.9. The van der Waals surface area contributed by atoms with Gasteiger partial charge in [-0.1, -0.05) is 58.5 Å². The van der Waals surface area contributed by atoms with Crippen LogP contribution in [0.15, 0.2) is 126 Å². The predicted octanol–water partition coefficient (Wildman–Crippen LogP) is 10.5. The van der Waals surface area contributed by atoms with Crippen molar-refractivity contribution in [3.8, 4) is 5.75 Å². The van der Waals surface area contributed by atoms with Crippen molar-refractivity contribution in [2.75, 3.05) is 5.32 Å². The Morgan fingerprint density at radius 3 is 1.57 bits per heavy atom. The summed E-state index contributed by atoms with van der Waals surface area (Å²) in [6.45, 7) is 0. The quantitative estimate of drug-likeness (QED) is 0.0342. The number of aromatic nitrogens is 2. The number of ether oxygens (including phenoxy) is 1. The van der Waals surface area contributed by atoms with Crippen molar-refractivity contribution in [3.05, 3.63) is 117 Å². The van der Waals surface area contributed by atoms with Crippen molar-refractivity contribution in [2.45, 2.75) is 19.5 Å². The number of benzene rings is 4. The third-order valence-corrected chi connectivity index (χ3v) is 9.84. The van der Waals surface area contributed by atoms with E-state index in [0.29, 0.717) is 0 Å². The summed E-state index contributed by atoms with van der Waals surface area (Å²) in [6.07, 6.45) is 3.43. The molecule has 0 spiro atoms. The molecular formula is C32H21Ag2Cl4N9O7S4-4. The summed E-state index contributed by atoms with van der Waals surface area (Å²) in [5, 5.41) is 37.6. The number of alkyl halides is 4. The number of nitrogens with one attached hydrogen (secondary N) is 3. The minimum atomic E-state index is -4.22. The molecule has 0 bridgehead atoms. The molecule has 0 atom stereocenters. The zero-order chi connectivity index (χ0) is 40.9. The Morgan fingerprint density at radius 1 is 0.707 bits per heavy atom. The van der Waals surface area contributed by atoms with Gasteiger partial charge >= 0.3 is 5.97 Å². The molecule has 6 rings (SSSR count). The second kappa shape index (κ2) is 24.3. The summed E-state index contributed by atoms with van der Waals surface area (Å²) in [6, 6.07) is 15.6. The van der Waals surface area contributed by atoms with E-state index in [-0.39, 0.29) is 99.5 Å². The van der Waals surface area contributed by atoms with E-state index in [1.165, 1.54) is 71.2 Å². The van der Waals surface area contributed by atoms with Crippen LogP contribution in [0.2, 0.25) is 0 Å². The summed E-state index contributed by atoms with van der Waals surface area (Å²) < 4.78 is 51.5. The van der Waals surface area contributed by atoms with E-state index < -0.39 is 41.6 Å². The number of rotatable bonds is 10. The van der Waals surface area contributed by atoms with Gasteiger partial charge < -0.3 is 30.3 Å². The number of anilines is 1. The van der Waals surface area contributed by atoms with Crippen molar-refractivity contribution >= 4 is 140 Å². The Morgan fingerprint density at radius 2 is 1.19 bits per heavy atom.